The van der Waals surface area contributed by atoms with E-state index < -0.39 is 0 Å². The van der Waals surface area contributed by atoms with Crippen molar-refractivity contribution in [1.29, 1.82) is 0 Å². The molecular formula is C24H28N2O4S. The van der Waals surface area contributed by atoms with Crippen LogP contribution in [0.4, 0.5) is 0 Å². The second-order valence-electron chi connectivity index (χ2n) is 8.22. The highest BCUT2D eigenvalue weighted by molar-refractivity contribution is 8.01. The van der Waals surface area contributed by atoms with Gasteiger partial charge in [-0.05, 0) is 36.6 Å². The fourth-order valence-electron chi connectivity index (χ4n) is 4.27. The van der Waals surface area contributed by atoms with Crippen LogP contribution in [0.2, 0.25) is 0 Å². The number of ether oxygens (including phenoxy) is 2. The van der Waals surface area contributed by atoms with E-state index in [1.807, 2.05) is 48.5 Å². The van der Waals surface area contributed by atoms with Gasteiger partial charge in [0.05, 0.1) is 12.0 Å². The van der Waals surface area contributed by atoms with E-state index in [0.717, 1.165) is 17.5 Å². The number of benzene rings is 2. The smallest absolute Gasteiger partial charge is 0.246 e. The highest BCUT2D eigenvalue weighted by atomic mass is 32.2. The highest BCUT2D eigenvalue weighted by Crippen LogP contribution is 2.47. The second kappa shape index (κ2) is 8.83. The molecule has 164 valence electrons. The predicted octanol–water partition coefficient (Wildman–Crippen LogP) is 3.69. The minimum absolute atomic E-state index is 0.0187. The zero-order valence-corrected chi connectivity index (χ0v) is 19.0. The third-order valence-electron chi connectivity index (χ3n) is 5.99. The third kappa shape index (κ3) is 4.37. The zero-order valence-electron chi connectivity index (χ0n) is 18.2. The molecule has 0 N–H and O–H groups in total. The minimum atomic E-state index is -0.384. The van der Waals surface area contributed by atoms with Gasteiger partial charge < -0.3 is 19.3 Å². The monoisotopic (exact) mass is 440 g/mol. The Labute approximate surface area is 187 Å². The molecule has 2 fully saturated rings. The molecule has 2 aliphatic heterocycles. The Hall–Kier alpha value is -2.67. The Morgan fingerprint density at radius 3 is 2.71 bits per heavy atom. The van der Waals surface area contributed by atoms with Gasteiger partial charge in [-0.15, -0.1) is 11.8 Å². The first-order chi connectivity index (χ1) is 14.9. The summed E-state index contributed by atoms with van der Waals surface area (Å²) in [4.78, 5) is 28.7. The zero-order chi connectivity index (χ0) is 22.0. The van der Waals surface area contributed by atoms with Crippen LogP contribution < -0.4 is 9.47 Å². The molecule has 2 aromatic carbocycles. The fourth-order valence-corrected chi connectivity index (χ4v) is 5.70. The minimum Gasteiger partial charge on any atom is -0.493 e. The van der Waals surface area contributed by atoms with Gasteiger partial charge in [-0.25, -0.2) is 0 Å². The third-order valence-corrected chi connectivity index (χ3v) is 7.50. The topological polar surface area (TPSA) is 59.1 Å². The molecule has 2 aromatic rings. The van der Waals surface area contributed by atoms with Crippen LogP contribution in [0, 0.1) is 0 Å². The molecule has 0 bridgehead atoms. The normalized spacial score (nSPS) is 22.4. The van der Waals surface area contributed by atoms with E-state index in [9.17, 15) is 9.59 Å². The van der Waals surface area contributed by atoms with Gasteiger partial charge in [0.2, 0.25) is 11.8 Å². The maximum atomic E-state index is 13.1. The van der Waals surface area contributed by atoms with Crippen LogP contribution in [0.15, 0.2) is 48.5 Å². The lowest BCUT2D eigenvalue weighted by Gasteiger charge is -2.32. The first-order valence-electron chi connectivity index (χ1n) is 10.5. The van der Waals surface area contributed by atoms with Crippen LogP contribution >= 0.6 is 11.8 Å². The average Bonchev–Trinajstić information content (AvgIpc) is 3.28. The molecule has 0 radical (unpaired) electrons. The Balaban J connectivity index is 1.41. The Kier molecular flexibility index (Phi) is 6.14. The molecule has 4 rings (SSSR count). The van der Waals surface area contributed by atoms with Crippen molar-refractivity contribution < 1.29 is 19.1 Å². The van der Waals surface area contributed by atoms with Crippen molar-refractivity contribution in [3.8, 4) is 11.5 Å². The molecule has 7 heteroatoms. The van der Waals surface area contributed by atoms with Gasteiger partial charge in [-0.3, -0.25) is 9.59 Å². The molecule has 0 aliphatic carbocycles. The van der Waals surface area contributed by atoms with Gasteiger partial charge in [-0.2, -0.15) is 0 Å². The summed E-state index contributed by atoms with van der Waals surface area (Å²) < 4.78 is 11.4. The lowest BCUT2D eigenvalue weighted by atomic mass is 10.1. The highest BCUT2D eigenvalue weighted by Gasteiger charge is 2.53. The summed E-state index contributed by atoms with van der Waals surface area (Å²) in [7, 11) is 3.40. The van der Waals surface area contributed by atoms with Gasteiger partial charge in [0.25, 0.3) is 0 Å². The van der Waals surface area contributed by atoms with E-state index in [1.165, 1.54) is 0 Å². The molecule has 2 unspecified atom stereocenters. The van der Waals surface area contributed by atoms with Crippen molar-refractivity contribution in [3.05, 3.63) is 59.7 Å². The van der Waals surface area contributed by atoms with Crippen molar-refractivity contribution in [2.24, 2.45) is 0 Å². The number of fused-ring (bicyclic) bond motifs is 1. The van der Waals surface area contributed by atoms with Crippen molar-refractivity contribution in [1.82, 2.24) is 9.80 Å². The number of carbonyl (C=O) groups is 2. The van der Waals surface area contributed by atoms with Crippen LogP contribution in [0.25, 0.3) is 0 Å². The summed E-state index contributed by atoms with van der Waals surface area (Å²) in [6, 6.07) is 15.3. The second-order valence-corrected chi connectivity index (χ2v) is 9.72. The van der Waals surface area contributed by atoms with E-state index in [-0.39, 0.29) is 22.7 Å². The number of nitrogens with zero attached hydrogens (tertiary/aromatic N) is 2. The fraction of sp³-hybridized carbons (Fsp3) is 0.417. The number of hydrogen-bond acceptors (Lipinski definition) is 5. The first-order valence-corrected chi connectivity index (χ1v) is 11.4. The summed E-state index contributed by atoms with van der Waals surface area (Å²) in [6.45, 7) is 2.96. The van der Waals surface area contributed by atoms with Crippen LogP contribution in [-0.2, 0) is 22.7 Å². The van der Waals surface area contributed by atoms with E-state index >= 15 is 0 Å². The number of likely N-dealkylation sites (N-methyl/N-ethyl adjacent to an activating group) is 1. The lowest BCUT2D eigenvalue weighted by molar-refractivity contribution is -0.143. The van der Waals surface area contributed by atoms with E-state index in [2.05, 4.69) is 6.92 Å². The van der Waals surface area contributed by atoms with Crippen molar-refractivity contribution in [2.45, 2.75) is 43.8 Å². The summed E-state index contributed by atoms with van der Waals surface area (Å²) in [6.07, 6.45) is 1.34. The van der Waals surface area contributed by atoms with Gasteiger partial charge in [0, 0.05) is 25.8 Å². The van der Waals surface area contributed by atoms with Crippen LogP contribution in [-0.4, -0.2) is 52.4 Å². The number of hydrogen-bond donors (Lipinski definition) is 0. The number of methoxy groups -OCH3 is 1. The van der Waals surface area contributed by atoms with E-state index in [1.54, 1.807) is 35.7 Å². The Morgan fingerprint density at radius 1 is 1.19 bits per heavy atom. The number of amides is 2. The molecule has 2 heterocycles. The summed E-state index contributed by atoms with van der Waals surface area (Å²) >= 11 is 1.71. The predicted molar refractivity (Wildman–Crippen MR) is 121 cm³/mol. The standard InChI is InChI=1S/C24H28N2O4S/c1-24-12-11-22(27)26(24)19(16-31-24)23(28)25(2)14-18-9-10-20(21(13-18)29-3)30-15-17-7-5-4-6-8-17/h4-10,13,19H,11-12,14-16H2,1-3H3. The largest absolute Gasteiger partial charge is 0.493 e. The van der Waals surface area contributed by atoms with E-state index in [0.29, 0.717) is 36.8 Å². The average molecular weight is 441 g/mol. The molecule has 0 saturated carbocycles. The Morgan fingerprint density at radius 2 is 1.97 bits per heavy atom. The molecule has 0 spiro atoms. The lowest BCUT2D eigenvalue weighted by Crippen LogP contribution is -2.50. The molecule has 2 aliphatic rings. The molecule has 2 saturated heterocycles. The number of carbonyl (C=O) groups excluding carboxylic acids is 2. The molecule has 2 amide bonds. The SMILES string of the molecule is COc1cc(CN(C)C(=O)C2CSC3(C)CCC(=O)N23)ccc1OCc1ccccc1. The summed E-state index contributed by atoms with van der Waals surface area (Å²) in [5.74, 6) is 2.01. The Bertz CT molecular complexity index is 967. The van der Waals surface area contributed by atoms with Crippen molar-refractivity contribution >= 4 is 23.6 Å². The number of rotatable bonds is 7. The molecule has 0 aromatic heterocycles. The molecule has 31 heavy (non-hydrogen) atoms. The summed E-state index contributed by atoms with van der Waals surface area (Å²) in [5.41, 5.74) is 2.03. The van der Waals surface area contributed by atoms with Crippen LogP contribution in [0.5, 0.6) is 11.5 Å². The van der Waals surface area contributed by atoms with Gasteiger partial charge in [0.1, 0.15) is 12.6 Å². The van der Waals surface area contributed by atoms with Gasteiger partial charge in [-0.1, -0.05) is 36.4 Å². The quantitative estimate of drug-likeness (QED) is 0.657. The first kappa shape index (κ1) is 21.6. The van der Waals surface area contributed by atoms with Crippen LogP contribution in [0.3, 0.4) is 0 Å². The van der Waals surface area contributed by atoms with Gasteiger partial charge >= 0.3 is 0 Å². The maximum Gasteiger partial charge on any atom is 0.246 e. The van der Waals surface area contributed by atoms with Crippen molar-refractivity contribution in [2.75, 3.05) is 19.9 Å². The molecular weight excluding hydrogens is 412 g/mol. The van der Waals surface area contributed by atoms with Crippen molar-refractivity contribution in [3.63, 3.8) is 0 Å². The van der Waals surface area contributed by atoms with E-state index in [4.69, 9.17) is 9.47 Å². The molecule has 2 atom stereocenters. The number of thioether (sulfide) groups is 1. The molecule has 6 nitrogen and oxygen atoms in total. The van der Waals surface area contributed by atoms with Crippen LogP contribution in [0.1, 0.15) is 30.9 Å². The van der Waals surface area contributed by atoms with Gasteiger partial charge in [0.15, 0.2) is 11.5 Å². The summed E-state index contributed by atoms with van der Waals surface area (Å²) in [5, 5.41) is 0. The maximum absolute atomic E-state index is 13.1.